The van der Waals surface area contributed by atoms with Gasteiger partial charge in [-0.2, -0.15) is 0 Å². The van der Waals surface area contributed by atoms with Crippen LogP contribution in [0.25, 0.3) is 21.8 Å². The first-order valence-corrected chi connectivity index (χ1v) is 9.81. The number of anilines is 1. The van der Waals surface area contributed by atoms with Crippen LogP contribution in [0.15, 0.2) is 71.5 Å². The number of rotatable bonds is 5. The maximum Gasteiger partial charge on any atom is 0.326 e. The fourth-order valence-electron chi connectivity index (χ4n) is 3.51. The predicted molar refractivity (Wildman–Crippen MR) is 116 cm³/mol. The van der Waals surface area contributed by atoms with E-state index in [0.29, 0.717) is 21.8 Å². The highest BCUT2D eigenvalue weighted by Crippen LogP contribution is 2.20. The summed E-state index contributed by atoms with van der Waals surface area (Å²) in [5.41, 5.74) is 0.315. The third kappa shape index (κ3) is 3.94. The van der Waals surface area contributed by atoms with Crippen molar-refractivity contribution in [2.75, 3.05) is 5.32 Å². The summed E-state index contributed by atoms with van der Waals surface area (Å²) in [7, 11) is 0. The van der Waals surface area contributed by atoms with E-state index in [-0.39, 0.29) is 12.0 Å². The van der Waals surface area contributed by atoms with E-state index in [2.05, 4.69) is 5.32 Å². The van der Waals surface area contributed by atoms with Crippen LogP contribution in [0.4, 0.5) is 14.5 Å². The van der Waals surface area contributed by atoms with Gasteiger partial charge in [-0.25, -0.2) is 8.78 Å². The van der Waals surface area contributed by atoms with Crippen LogP contribution < -0.4 is 10.7 Å². The molecule has 1 aromatic heterocycles. The quantitative estimate of drug-likeness (QED) is 0.379. The van der Waals surface area contributed by atoms with Crippen LogP contribution in [0, 0.1) is 11.6 Å². The molecule has 0 aliphatic carbocycles. The van der Waals surface area contributed by atoms with Crippen molar-refractivity contribution in [1.29, 1.82) is 0 Å². The highest BCUT2D eigenvalue weighted by Gasteiger charge is 2.22. The van der Waals surface area contributed by atoms with Gasteiger partial charge in [-0.15, -0.1) is 0 Å². The molecule has 0 aliphatic heterocycles. The normalized spacial score (nSPS) is 12.0. The van der Waals surface area contributed by atoms with Crippen LogP contribution >= 0.6 is 0 Å². The van der Waals surface area contributed by atoms with E-state index in [1.165, 1.54) is 13.0 Å². The molecular weight excluding hydrogens is 418 g/mol. The lowest BCUT2D eigenvalue weighted by atomic mass is 10.1. The standard InChI is InChI=1S/C24H18F2N2O4/c1-14(24(31)27-22-17(25)9-6-10-18(22)26)32-21(29)13-28-19-11-4-2-7-15(19)23(30)16-8-3-5-12-20(16)28/h2-12,14H,13H2,1H3,(H,27,31). The first-order chi connectivity index (χ1) is 15.4. The molecule has 8 heteroatoms. The van der Waals surface area contributed by atoms with Gasteiger partial charge < -0.3 is 14.6 Å². The summed E-state index contributed by atoms with van der Waals surface area (Å²) in [5, 5.41) is 2.99. The number of para-hydroxylation sites is 3. The van der Waals surface area contributed by atoms with Crippen LogP contribution in [-0.4, -0.2) is 22.5 Å². The molecule has 6 nitrogen and oxygen atoms in total. The Hall–Kier alpha value is -4.07. The molecule has 0 fully saturated rings. The summed E-state index contributed by atoms with van der Waals surface area (Å²) in [6, 6.07) is 16.9. The number of hydrogen-bond donors (Lipinski definition) is 1. The van der Waals surface area contributed by atoms with Crippen molar-refractivity contribution in [3.8, 4) is 0 Å². The molecule has 0 spiro atoms. The molecule has 162 valence electrons. The van der Waals surface area contributed by atoms with E-state index < -0.39 is 35.3 Å². The number of carbonyl (C=O) groups excluding carboxylic acids is 2. The van der Waals surface area contributed by atoms with Gasteiger partial charge >= 0.3 is 5.97 Å². The van der Waals surface area contributed by atoms with Crippen molar-refractivity contribution in [3.05, 3.63) is 88.6 Å². The molecule has 4 rings (SSSR count). The summed E-state index contributed by atoms with van der Waals surface area (Å²) in [5.74, 6) is -3.51. The Morgan fingerprint density at radius 1 is 0.906 bits per heavy atom. The van der Waals surface area contributed by atoms with Gasteiger partial charge in [0.25, 0.3) is 5.91 Å². The van der Waals surface area contributed by atoms with Gasteiger partial charge in [0, 0.05) is 10.8 Å². The molecule has 0 aliphatic rings. The van der Waals surface area contributed by atoms with Crippen molar-refractivity contribution in [1.82, 2.24) is 4.57 Å². The molecule has 0 saturated heterocycles. The first kappa shape index (κ1) is 21.2. The number of pyridine rings is 1. The van der Waals surface area contributed by atoms with Crippen molar-refractivity contribution >= 4 is 39.4 Å². The average molecular weight is 436 g/mol. The largest absolute Gasteiger partial charge is 0.451 e. The molecule has 4 aromatic rings. The molecule has 1 N–H and O–H groups in total. The number of nitrogens with zero attached hydrogens (tertiary/aromatic N) is 1. The maximum absolute atomic E-state index is 13.8. The summed E-state index contributed by atoms with van der Waals surface area (Å²) in [6.07, 6.45) is -1.31. The lowest BCUT2D eigenvalue weighted by molar-refractivity contribution is -0.153. The Balaban J connectivity index is 1.58. The van der Waals surface area contributed by atoms with Gasteiger partial charge in [0.05, 0.1) is 11.0 Å². The van der Waals surface area contributed by atoms with E-state index in [0.717, 1.165) is 12.1 Å². The number of esters is 1. The molecule has 1 unspecified atom stereocenters. The number of nitrogens with one attached hydrogen (secondary N) is 1. The number of ether oxygens (including phenoxy) is 1. The third-order valence-electron chi connectivity index (χ3n) is 5.05. The highest BCUT2D eigenvalue weighted by atomic mass is 19.1. The summed E-state index contributed by atoms with van der Waals surface area (Å²) >= 11 is 0. The summed E-state index contributed by atoms with van der Waals surface area (Å²) in [4.78, 5) is 37.7. The van der Waals surface area contributed by atoms with Crippen molar-refractivity contribution in [2.24, 2.45) is 0 Å². The Labute approximate surface area is 181 Å². The second-order valence-corrected chi connectivity index (χ2v) is 7.17. The number of carbonyl (C=O) groups is 2. The Bertz CT molecular complexity index is 1330. The van der Waals surface area contributed by atoms with Crippen LogP contribution in [0.2, 0.25) is 0 Å². The topological polar surface area (TPSA) is 77.4 Å². The zero-order valence-corrected chi connectivity index (χ0v) is 17.0. The molecule has 0 bridgehead atoms. The number of hydrogen-bond acceptors (Lipinski definition) is 4. The molecule has 32 heavy (non-hydrogen) atoms. The number of halogens is 2. The van der Waals surface area contributed by atoms with Gasteiger partial charge in [0.15, 0.2) is 11.5 Å². The lowest BCUT2D eigenvalue weighted by Gasteiger charge is -2.17. The minimum atomic E-state index is -1.31. The molecule has 1 amide bonds. The fourth-order valence-corrected chi connectivity index (χ4v) is 3.51. The number of fused-ring (bicyclic) bond motifs is 2. The average Bonchev–Trinajstić information content (AvgIpc) is 2.79. The molecule has 1 heterocycles. The number of aromatic nitrogens is 1. The van der Waals surface area contributed by atoms with Crippen LogP contribution in [0.3, 0.4) is 0 Å². The van der Waals surface area contributed by atoms with Gasteiger partial charge in [-0.1, -0.05) is 30.3 Å². The van der Waals surface area contributed by atoms with Crippen LogP contribution in [0.1, 0.15) is 6.92 Å². The van der Waals surface area contributed by atoms with Crippen molar-refractivity contribution in [3.63, 3.8) is 0 Å². The zero-order chi connectivity index (χ0) is 22.8. The van der Waals surface area contributed by atoms with Crippen molar-refractivity contribution in [2.45, 2.75) is 19.6 Å². The van der Waals surface area contributed by atoms with Crippen LogP contribution in [0.5, 0.6) is 0 Å². The third-order valence-corrected chi connectivity index (χ3v) is 5.05. The summed E-state index contributed by atoms with van der Waals surface area (Å²) < 4.78 is 34.4. The maximum atomic E-state index is 13.8. The monoisotopic (exact) mass is 436 g/mol. The Kier molecular flexibility index (Phi) is 5.68. The van der Waals surface area contributed by atoms with Crippen molar-refractivity contribution < 1.29 is 23.1 Å². The molecule has 1 atom stereocenters. The second-order valence-electron chi connectivity index (χ2n) is 7.17. The van der Waals surface area contributed by atoms with Gasteiger partial charge in [0.2, 0.25) is 0 Å². The predicted octanol–water partition coefficient (Wildman–Crippen LogP) is 4.00. The Morgan fingerprint density at radius 3 is 2.00 bits per heavy atom. The van der Waals surface area contributed by atoms with Gasteiger partial charge in [-0.05, 0) is 43.3 Å². The minimum absolute atomic E-state index is 0.152. The minimum Gasteiger partial charge on any atom is -0.451 e. The molecule has 0 radical (unpaired) electrons. The van der Waals surface area contributed by atoms with Gasteiger partial charge in [0.1, 0.15) is 23.9 Å². The summed E-state index contributed by atoms with van der Waals surface area (Å²) in [6.45, 7) is 1.03. The Morgan fingerprint density at radius 2 is 1.44 bits per heavy atom. The van der Waals surface area contributed by atoms with Crippen LogP contribution in [-0.2, 0) is 20.9 Å². The molecule has 3 aromatic carbocycles. The SMILES string of the molecule is CC(OC(=O)Cn1c2ccccc2c(=O)c2ccccc21)C(=O)Nc1c(F)cccc1F. The molecular formula is C24H18F2N2O4. The van der Waals surface area contributed by atoms with Gasteiger partial charge in [-0.3, -0.25) is 14.4 Å². The second kappa shape index (κ2) is 8.58. The van der Waals surface area contributed by atoms with E-state index in [4.69, 9.17) is 4.74 Å². The number of benzene rings is 3. The lowest BCUT2D eigenvalue weighted by Crippen LogP contribution is -2.32. The number of amides is 1. The smallest absolute Gasteiger partial charge is 0.326 e. The first-order valence-electron chi connectivity index (χ1n) is 9.81. The fraction of sp³-hybridized carbons (Fsp3) is 0.125. The zero-order valence-electron chi connectivity index (χ0n) is 17.0. The van der Waals surface area contributed by atoms with E-state index in [1.54, 1.807) is 53.1 Å². The molecule has 0 saturated carbocycles. The van der Waals surface area contributed by atoms with E-state index in [9.17, 15) is 23.2 Å². The highest BCUT2D eigenvalue weighted by molar-refractivity contribution is 5.96. The van der Waals surface area contributed by atoms with E-state index >= 15 is 0 Å². The van der Waals surface area contributed by atoms with E-state index in [1.807, 2.05) is 0 Å².